The molecule has 38 heavy (non-hydrogen) atoms. The molecule has 1 heterocycles. The van der Waals surface area contributed by atoms with Crippen LogP contribution in [0.1, 0.15) is 67.8 Å². The Morgan fingerprint density at radius 3 is 2.45 bits per heavy atom. The number of nitrogens with one attached hydrogen (secondary N) is 1. The van der Waals surface area contributed by atoms with E-state index in [2.05, 4.69) is 12.2 Å². The van der Waals surface area contributed by atoms with E-state index in [0.29, 0.717) is 29.6 Å². The number of aliphatic carboxylic acids is 1. The van der Waals surface area contributed by atoms with Gasteiger partial charge in [0, 0.05) is 12.1 Å². The van der Waals surface area contributed by atoms with Crippen molar-refractivity contribution < 1.29 is 24.6 Å². The van der Waals surface area contributed by atoms with Gasteiger partial charge in [-0.1, -0.05) is 62.1 Å². The van der Waals surface area contributed by atoms with Crippen LogP contribution in [0, 0.1) is 5.92 Å². The lowest BCUT2D eigenvalue weighted by molar-refractivity contribution is -0.146. The molecule has 1 spiro atoms. The summed E-state index contributed by atoms with van der Waals surface area (Å²) in [4.78, 5) is 40.8. The van der Waals surface area contributed by atoms with E-state index in [-0.39, 0.29) is 18.1 Å². The summed E-state index contributed by atoms with van der Waals surface area (Å²) < 4.78 is 0. The molecule has 2 aromatic carbocycles. The summed E-state index contributed by atoms with van der Waals surface area (Å²) in [7, 11) is 0. The summed E-state index contributed by atoms with van der Waals surface area (Å²) in [5.41, 5.74) is 1.70. The first kappa shape index (κ1) is 27.9. The Balaban J connectivity index is 1.51. The molecule has 1 unspecified atom stereocenters. The number of unbranched alkanes of at least 4 members (excludes halogenated alkanes) is 1. The van der Waals surface area contributed by atoms with E-state index in [4.69, 9.17) is 16.7 Å². The summed E-state index contributed by atoms with van der Waals surface area (Å²) in [5, 5.41) is 21.1. The van der Waals surface area contributed by atoms with E-state index < -0.39 is 18.0 Å². The molecule has 9 heteroatoms. The van der Waals surface area contributed by atoms with Crippen LogP contribution in [0.25, 0.3) is 0 Å². The topological polar surface area (TPSA) is 110 Å². The van der Waals surface area contributed by atoms with Gasteiger partial charge in [-0.2, -0.15) is 0 Å². The highest BCUT2D eigenvalue weighted by atomic mass is 35.5. The number of urea groups is 1. The minimum absolute atomic E-state index is 0.0606. The lowest BCUT2D eigenvalue weighted by Crippen LogP contribution is -2.49. The van der Waals surface area contributed by atoms with Crippen LogP contribution >= 0.6 is 11.6 Å². The van der Waals surface area contributed by atoms with Gasteiger partial charge in [0.05, 0.1) is 29.3 Å². The van der Waals surface area contributed by atoms with E-state index in [1.807, 2.05) is 40.1 Å². The molecule has 0 radical (unpaired) electrons. The van der Waals surface area contributed by atoms with Gasteiger partial charge in [0.2, 0.25) is 0 Å². The van der Waals surface area contributed by atoms with Crippen LogP contribution in [0.15, 0.2) is 48.5 Å². The predicted molar refractivity (Wildman–Crippen MR) is 146 cm³/mol. The second-order valence-electron chi connectivity index (χ2n) is 10.5. The van der Waals surface area contributed by atoms with E-state index >= 15 is 0 Å². The minimum atomic E-state index is -1.66. The van der Waals surface area contributed by atoms with Crippen LogP contribution in [0.4, 0.5) is 10.5 Å². The molecular weight excluding hydrogens is 506 g/mol. The van der Waals surface area contributed by atoms with Gasteiger partial charge >= 0.3 is 12.0 Å². The number of carbonyl (C=O) groups excluding carboxylic acids is 2. The Morgan fingerprint density at radius 1 is 1.13 bits per heavy atom. The summed E-state index contributed by atoms with van der Waals surface area (Å²) in [5.74, 6) is -1.17. The van der Waals surface area contributed by atoms with Crippen molar-refractivity contribution in [3.8, 4) is 0 Å². The molecule has 1 atom stereocenters. The average Bonchev–Trinajstić information content (AvgIpc) is 3.18. The average molecular weight is 542 g/mol. The summed E-state index contributed by atoms with van der Waals surface area (Å²) in [6, 6.07) is 14.3. The maximum Gasteiger partial charge on any atom is 0.334 e. The fourth-order valence-corrected chi connectivity index (χ4v) is 5.88. The number of anilines is 1. The SMILES string of the molecule is CCCCC1CCC2(CC1)CN(c1ccccc1Cl)C(=O)N2Cc1ccc(C(=O)NCC(O)C(=O)O)cc1. The maximum absolute atomic E-state index is 13.8. The third-order valence-electron chi connectivity index (χ3n) is 7.93. The van der Waals surface area contributed by atoms with Crippen LogP contribution < -0.4 is 10.2 Å². The molecule has 1 saturated heterocycles. The van der Waals surface area contributed by atoms with Crippen LogP contribution in [-0.2, 0) is 11.3 Å². The first-order valence-electron chi connectivity index (χ1n) is 13.4. The Hall–Kier alpha value is -3.10. The minimum Gasteiger partial charge on any atom is -0.479 e. The van der Waals surface area contributed by atoms with E-state index in [0.717, 1.165) is 36.9 Å². The Labute approximate surface area is 228 Å². The molecular formula is C29H36ClN3O5. The van der Waals surface area contributed by atoms with Gasteiger partial charge in [-0.05, 0) is 61.4 Å². The van der Waals surface area contributed by atoms with Gasteiger partial charge in [0.1, 0.15) is 0 Å². The predicted octanol–water partition coefficient (Wildman–Crippen LogP) is 5.08. The number of hydrogen-bond donors (Lipinski definition) is 3. The molecule has 204 valence electrons. The fraction of sp³-hybridized carbons (Fsp3) is 0.483. The zero-order chi connectivity index (χ0) is 27.3. The third kappa shape index (κ3) is 6.13. The van der Waals surface area contributed by atoms with Crippen molar-refractivity contribution in [2.45, 2.75) is 70.1 Å². The zero-order valence-corrected chi connectivity index (χ0v) is 22.5. The molecule has 2 fully saturated rings. The molecule has 3 amide bonds. The molecule has 3 N–H and O–H groups in total. The number of aliphatic hydroxyl groups is 1. The number of carboxylic acid groups (broad SMARTS) is 1. The highest BCUT2D eigenvalue weighted by molar-refractivity contribution is 6.33. The van der Waals surface area contributed by atoms with Crippen LogP contribution in [0.2, 0.25) is 5.02 Å². The summed E-state index contributed by atoms with van der Waals surface area (Å²) in [6.07, 6.45) is 6.10. The normalized spacial score (nSPS) is 22.1. The number of halogens is 1. The Kier molecular flexibility index (Phi) is 8.95. The standard InChI is InChI=1S/C29H36ClN3O5/c1-2-3-6-20-13-15-29(16-14-20)19-32(24-8-5-4-7-23(24)30)28(38)33(29)18-21-9-11-22(12-10-21)26(35)31-17-25(34)27(36)37/h4-5,7-12,20,25,34H,2-3,6,13-19H2,1H3,(H,31,35)(H,36,37). The largest absolute Gasteiger partial charge is 0.479 e. The number of carbonyl (C=O) groups is 3. The number of nitrogens with zero attached hydrogens (tertiary/aromatic N) is 2. The van der Waals surface area contributed by atoms with Crippen molar-refractivity contribution in [3.63, 3.8) is 0 Å². The van der Waals surface area contributed by atoms with Crippen molar-refractivity contribution in [2.75, 3.05) is 18.0 Å². The van der Waals surface area contributed by atoms with Gasteiger partial charge in [-0.15, -0.1) is 0 Å². The highest BCUT2D eigenvalue weighted by Gasteiger charge is 2.51. The molecule has 8 nitrogen and oxygen atoms in total. The number of para-hydroxylation sites is 1. The van der Waals surface area contributed by atoms with Crippen molar-refractivity contribution in [1.82, 2.24) is 10.2 Å². The van der Waals surface area contributed by atoms with Crippen LogP contribution in [0.5, 0.6) is 0 Å². The fourth-order valence-electron chi connectivity index (χ4n) is 5.64. The van der Waals surface area contributed by atoms with Crippen LogP contribution in [-0.4, -0.2) is 57.8 Å². The molecule has 1 aliphatic carbocycles. The second kappa shape index (κ2) is 12.2. The number of amides is 3. The Morgan fingerprint density at radius 2 is 1.82 bits per heavy atom. The van der Waals surface area contributed by atoms with Crippen molar-refractivity contribution in [3.05, 3.63) is 64.7 Å². The quantitative estimate of drug-likeness (QED) is 0.388. The number of aliphatic hydroxyl groups excluding tert-OH is 1. The monoisotopic (exact) mass is 541 g/mol. The van der Waals surface area contributed by atoms with E-state index in [9.17, 15) is 19.5 Å². The van der Waals surface area contributed by atoms with Crippen molar-refractivity contribution in [2.24, 2.45) is 5.92 Å². The number of benzene rings is 2. The highest BCUT2D eigenvalue weighted by Crippen LogP contribution is 2.45. The van der Waals surface area contributed by atoms with Gasteiger partial charge in [0.25, 0.3) is 5.91 Å². The lowest BCUT2D eigenvalue weighted by Gasteiger charge is -2.42. The molecule has 1 aliphatic heterocycles. The third-order valence-corrected chi connectivity index (χ3v) is 8.25. The smallest absolute Gasteiger partial charge is 0.334 e. The second-order valence-corrected chi connectivity index (χ2v) is 10.9. The first-order chi connectivity index (χ1) is 18.2. The lowest BCUT2D eigenvalue weighted by atomic mass is 9.74. The number of rotatable bonds is 10. The molecule has 1 saturated carbocycles. The summed E-state index contributed by atoms with van der Waals surface area (Å²) in [6.45, 7) is 2.86. The van der Waals surface area contributed by atoms with E-state index in [1.165, 1.54) is 19.3 Å². The molecule has 0 aromatic heterocycles. The van der Waals surface area contributed by atoms with Gasteiger partial charge < -0.3 is 20.4 Å². The van der Waals surface area contributed by atoms with Crippen molar-refractivity contribution >= 4 is 35.2 Å². The van der Waals surface area contributed by atoms with Crippen molar-refractivity contribution in [1.29, 1.82) is 0 Å². The first-order valence-corrected chi connectivity index (χ1v) is 13.7. The molecule has 2 aliphatic rings. The van der Waals surface area contributed by atoms with Gasteiger partial charge in [-0.3, -0.25) is 9.69 Å². The zero-order valence-electron chi connectivity index (χ0n) is 21.7. The van der Waals surface area contributed by atoms with Crippen LogP contribution in [0.3, 0.4) is 0 Å². The summed E-state index contributed by atoms with van der Waals surface area (Å²) >= 11 is 6.50. The number of hydrogen-bond acceptors (Lipinski definition) is 4. The molecule has 0 bridgehead atoms. The van der Waals surface area contributed by atoms with Gasteiger partial charge in [-0.25, -0.2) is 9.59 Å². The Bertz CT molecular complexity index is 1150. The molecule has 2 aromatic rings. The molecule has 4 rings (SSSR count). The number of carboxylic acids is 1. The maximum atomic E-state index is 13.8. The van der Waals surface area contributed by atoms with E-state index in [1.54, 1.807) is 18.2 Å². The van der Waals surface area contributed by atoms with Gasteiger partial charge in [0.15, 0.2) is 6.10 Å².